The zero-order chi connectivity index (χ0) is 18.5. The second-order valence-electron chi connectivity index (χ2n) is 7.15. The summed E-state index contributed by atoms with van der Waals surface area (Å²) in [6.45, 7) is 4.38. The summed E-state index contributed by atoms with van der Waals surface area (Å²) in [7, 11) is 1.37. The standard InChI is InChI=1S/C21H20N2O3/c1-12-4-6-15-14(8-12)10-21(19(15)24)18(11-22-23-21)17-9-13(2)5-7-16(17)20(25)26-3/h4-9,18H,10-11H2,1-3H3/t18-,21+/m0/s1. The van der Waals surface area contributed by atoms with Crippen LogP contribution in [0.5, 0.6) is 0 Å². The number of aryl methyl sites for hydroxylation is 2. The van der Waals surface area contributed by atoms with Crippen molar-refractivity contribution >= 4 is 11.8 Å². The molecule has 0 saturated heterocycles. The number of Topliss-reactive ketones (excluding diaryl/α,β-unsaturated/α-hetero) is 1. The van der Waals surface area contributed by atoms with Gasteiger partial charge in [-0.25, -0.2) is 4.79 Å². The van der Waals surface area contributed by atoms with E-state index in [9.17, 15) is 9.59 Å². The molecule has 1 aliphatic heterocycles. The molecule has 1 spiro atoms. The van der Waals surface area contributed by atoms with Gasteiger partial charge in [-0.15, -0.1) is 0 Å². The molecule has 0 radical (unpaired) electrons. The summed E-state index contributed by atoms with van der Waals surface area (Å²) in [5.74, 6) is -0.673. The van der Waals surface area contributed by atoms with Crippen molar-refractivity contribution in [3.05, 3.63) is 69.8 Å². The van der Waals surface area contributed by atoms with Crippen molar-refractivity contribution in [1.82, 2.24) is 0 Å². The SMILES string of the molecule is COC(=O)c1ccc(C)cc1[C@@H]1CN=N[C@]12Cc1cc(C)ccc1C2=O. The number of esters is 1. The number of azo groups is 1. The molecule has 26 heavy (non-hydrogen) atoms. The smallest absolute Gasteiger partial charge is 0.338 e. The maximum absolute atomic E-state index is 13.3. The number of ketones is 1. The summed E-state index contributed by atoms with van der Waals surface area (Å²) in [4.78, 5) is 25.6. The highest BCUT2D eigenvalue weighted by molar-refractivity contribution is 6.09. The van der Waals surface area contributed by atoms with Gasteiger partial charge < -0.3 is 4.74 Å². The van der Waals surface area contributed by atoms with E-state index in [2.05, 4.69) is 10.2 Å². The van der Waals surface area contributed by atoms with Crippen LogP contribution in [0.1, 0.15) is 48.9 Å². The van der Waals surface area contributed by atoms with E-state index in [1.54, 1.807) is 6.07 Å². The third-order valence-corrected chi connectivity index (χ3v) is 5.44. The molecule has 0 amide bonds. The Morgan fingerprint density at radius 3 is 2.65 bits per heavy atom. The number of nitrogens with zero attached hydrogens (tertiary/aromatic N) is 2. The van der Waals surface area contributed by atoms with Crippen LogP contribution in [0.15, 0.2) is 46.6 Å². The zero-order valence-electron chi connectivity index (χ0n) is 15.1. The van der Waals surface area contributed by atoms with Crippen LogP contribution >= 0.6 is 0 Å². The van der Waals surface area contributed by atoms with Gasteiger partial charge in [0.1, 0.15) is 0 Å². The number of carbonyl (C=O) groups excluding carboxylic acids is 2. The summed E-state index contributed by atoms with van der Waals surface area (Å²) in [5, 5.41) is 8.67. The zero-order valence-corrected chi connectivity index (χ0v) is 15.1. The fourth-order valence-corrected chi connectivity index (χ4v) is 4.15. The van der Waals surface area contributed by atoms with Gasteiger partial charge in [0.05, 0.1) is 19.2 Å². The predicted molar refractivity (Wildman–Crippen MR) is 96.9 cm³/mol. The Bertz CT molecular complexity index is 964. The monoisotopic (exact) mass is 348 g/mol. The number of methoxy groups -OCH3 is 1. The minimum Gasteiger partial charge on any atom is -0.465 e. The lowest BCUT2D eigenvalue weighted by Gasteiger charge is -2.27. The van der Waals surface area contributed by atoms with Crippen LogP contribution in [-0.2, 0) is 11.2 Å². The normalized spacial score (nSPS) is 23.5. The highest BCUT2D eigenvalue weighted by Gasteiger charge is 2.55. The Morgan fingerprint density at radius 2 is 1.88 bits per heavy atom. The minimum atomic E-state index is -0.952. The first-order chi connectivity index (χ1) is 12.5. The van der Waals surface area contributed by atoms with Crippen LogP contribution in [0.2, 0.25) is 0 Å². The highest BCUT2D eigenvalue weighted by Crippen LogP contribution is 2.47. The van der Waals surface area contributed by atoms with Crippen LogP contribution in [0.4, 0.5) is 0 Å². The van der Waals surface area contributed by atoms with Crippen molar-refractivity contribution in [2.45, 2.75) is 31.7 Å². The maximum atomic E-state index is 13.3. The van der Waals surface area contributed by atoms with Gasteiger partial charge in [0.15, 0.2) is 11.3 Å². The van der Waals surface area contributed by atoms with Gasteiger partial charge in [0.2, 0.25) is 0 Å². The van der Waals surface area contributed by atoms with Crippen LogP contribution < -0.4 is 0 Å². The molecule has 5 nitrogen and oxygen atoms in total. The molecular formula is C21H20N2O3. The molecule has 1 heterocycles. The van der Waals surface area contributed by atoms with Gasteiger partial charge in [-0.05, 0) is 31.0 Å². The molecule has 0 bridgehead atoms. The largest absolute Gasteiger partial charge is 0.465 e. The summed E-state index contributed by atoms with van der Waals surface area (Å²) >= 11 is 0. The fraction of sp³-hybridized carbons (Fsp3) is 0.333. The summed E-state index contributed by atoms with van der Waals surface area (Å²) in [5.41, 5.74) is 4.18. The van der Waals surface area contributed by atoms with Crippen molar-refractivity contribution in [3.63, 3.8) is 0 Å². The van der Waals surface area contributed by atoms with Gasteiger partial charge in [-0.1, -0.05) is 41.5 Å². The van der Waals surface area contributed by atoms with E-state index < -0.39 is 11.5 Å². The van der Waals surface area contributed by atoms with Gasteiger partial charge in [0.25, 0.3) is 0 Å². The molecule has 1 aliphatic carbocycles. The van der Waals surface area contributed by atoms with Crippen molar-refractivity contribution in [1.29, 1.82) is 0 Å². The van der Waals surface area contributed by atoms with Gasteiger partial charge >= 0.3 is 5.97 Å². The summed E-state index contributed by atoms with van der Waals surface area (Å²) in [6.07, 6.45) is 0.519. The molecule has 2 aromatic carbocycles. The molecular weight excluding hydrogens is 328 g/mol. The molecule has 4 rings (SSSR count). The van der Waals surface area contributed by atoms with Crippen LogP contribution in [0, 0.1) is 13.8 Å². The van der Waals surface area contributed by atoms with Crippen molar-refractivity contribution in [3.8, 4) is 0 Å². The Kier molecular flexibility index (Phi) is 3.75. The molecule has 0 saturated carbocycles. The highest BCUT2D eigenvalue weighted by atomic mass is 16.5. The third-order valence-electron chi connectivity index (χ3n) is 5.44. The van der Waals surface area contributed by atoms with Gasteiger partial charge in [-0.2, -0.15) is 10.2 Å². The number of fused-ring (bicyclic) bond motifs is 1. The quantitative estimate of drug-likeness (QED) is 0.775. The topological polar surface area (TPSA) is 68.1 Å². The molecule has 0 fully saturated rings. The second kappa shape index (κ2) is 5.87. The van der Waals surface area contributed by atoms with Crippen molar-refractivity contribution in [2.24, 2.45) is 10.2 Å². The van der Waals surface area contributed by atoms with E-state index in [-0.39, 0.29) is 11.7 Å². The first-order valence-corrected chi connectivity index (χ1v) is 8.68. The maximum Gasteiger partial charge on any atom is 0.338 e. The average molecular weight is 348 g/mol. The first kappa shape index (κ1) is 16.6. The van der Waals surface area contributed by atoms with Gasteiger partial charge in [-0.3, -0.25) is 4.79 Å². The molecule has 2 aromatic rings. The molecule has 0 unspecified atom stereocenters. The predicted octanol–water partition coefficient (Wildman–Crippen LogP) is 3.82. The number of ether oxygens (including phenoxy) is 1. The van der Waals surface area contributed by atoms with E-state index in [4.69, 9.17) is 4.74 Å². The fourth-order valence-electron chi connectivity index (χ4n) is 4.15. The number of rotatable bonds is 2. The lowest BCUT2D eigenvalue weighted by Crippen LogP contribution is -2.39. The van der Waals surface area contributed by atoms with Crippen molar-refractivity contribution < 1.29 is 14.3 Å². The number of benzene rings is 2. The van der Waals surface area contributed by atoms with Gasteiger partial charge in [0, 0.05) is 17.9 Å². The molecule has 0 N–H and O–H groups in total. The summed E-state index contributed by atoms with van der Waals surface area (Å²) in [6, 6.07) is 11.5. The van der Waals surface area contributed by atoms with Crippen LogP contribution in [0.3, 0.4) is 0 Å². The number of carbonyl (C=O) groups is 2. The third kappa shape index (κ3) is 2.30. The molecule has 2 aliphatic rings. The minimum absolute atomic E-state index is 0.00364. The molecule has 0 aromatic heterocycles. The van der Waals surface area contributed by atoms with Crippen LogP contribution in [0.25, 0.3) is 0 Å². The number of hydrogen-bond acceptors (Lipinski definition) is 5. The Balaban J connectivity index is 1.84. The first-order valence-electron chi connectivity index (χ1n) is 8.68. The van der Waals surface area contributed by atoms with E-state index in [0.717, 1.165) is 22.3 Å². The molecule has 5 heteroatoms. The molecule has 2 atom stereocenters. The average Bonchev–Trinajstić information content (AvgIpc) is 3.16. The number of hydrogen-bond donors (Lipinski definition) is 0. The van der Waals surface area contributed by atoms with E-state index in [0.29, 0.717) is 24.1 Å². The second-order valence-corrected chi connectivity index (χ2v) is 7.15. The summed E-state index contributed by atoms with van der Waals surface area (Å²) < 4.78 is 4.95. The Labute approximate surface area is 152 Å². The Morgan fingerprint density at radius 1 is 1.15 bits per heavy atom. The van der Waals surface area contributed by atoms with E-state index in [1.165, 1.54) is 7.11 Å². The lowest BCUT2D eigenvalue weighted by atomic mass is 9.76. The van der Waals surface area contributed by atoms with Crippen LogP contribution in [-0.4, -0.2) is 30.9 Å². The Hall–Kier alpha value is -2.82. The van der Waals surface area contributed by atoms with Crippen molar-refractivity contribution in [2.75, 3.05) is 13.7 Å². The lowest BCUT2D eigenvalue weighted by molar-refractivity contribution is 0.0597. The van der Waals surface area contributed by atoms with E-state index >= 15 is 0 Å². The van der Waals surface area contributed by atoms with E-state index in [1.807, 2.05) is 44.2 Å². The molecule has 132 valence electrons.